The number of aliphatic carboxylic acids is 1. The van der Waals surface area contributed by atoms with Gasteiger partial charge in [-0.1, -0.05) is 17.7 Å². The molecule has 1 unspecified atom stereocenters. The van der Waals surface area contributed by atoms with Crippen molar-refractivity contribution in [2.75, 3.05) is 13.2 Å². The smallest absolute Gasteiger partial charge is 0.343 e. The summed E-state index contributed by atoms with van der Waals surface area (Å²) in [6, 6.07) is 6.22. The summed E-state index contributed by atoms with van der Waals surface area (Å²) >= 11 is 0. The predicted molar refractivity (Wildman–Crippen MR) is 96.4 cm³/mol. The summed E-state index contributed by atoms with van der Waals surface area (Å²) in [5, 5.41) is 11.6. The first-order valence-electron chi connectivity index (χ1n) is 8.31. The zero-order valence-electron chi connectivity index (χ0n) is 15.4. The molecule has 0 heterocycles. The van der Waals surface area contributed by atoms with E-state index in [0.717, 1.165) is 12.5 Å². The zero-order valence-corrected chi connectivity index (χ0v) is 16.3. The molecule has 0 radical (unpaired) electrons. The molecule has 27 heavy (non-hydrogen) atoms. The lowest BCUT2D eigenvalue weighted by Crippen LogP contribution is -2.60. The quantitative estimate of drug-likeness (QED) is 0.296. The van der Waals surface area contributed by atoms with Crippen LogP contribution in [0, 0.1) is 6.92 Å². The van der Waals surface area contributed by atoms with Crippen molar-refractivity contribution in [2.24, 2.45) is 0 Å². The number of esters is 1. The number of amides is 1. The molecule has 9 nitrogen and oxygen atoms in total. The summed E-state index contributed by atoms with van der Waals surface area (Å²) in [6.45, 7) is 4.23. The van der Waals surface area contributed by atoms with Crippen molar-refractivity contribution in [3.8, 4) is 0 Å². The van der Waals surface area contributed by atoms with E-state index in [1.54, 1.807) is 12.1 Å². The van der Waals surface area contributed by atoms with Gasteiger partial charge in [-0.25, -0.2) is 22.7 Å². The average Bonchev–Trinajstić information content (AvgIpc) is 2.57. The first kappa shape index (κ1) is 22.6. The molecule has 1 amide bonds. The molecule has 150 valence electrons. The number of ether oxygens (including phenoxy) is 1. The van der Waals surface area contributed by atoms with Gasteiger partial charge in [0.05, 0.1) is 11.5 Å². The van der Waals surface area contributed by atoms with E-state index in [0.29, 0.717) is 0 Å². The first-order valence-corrected chi connectivity index (χ1v) is 9.79. The van der Waals surface area contributed by atoms with Crippen LogP contribution in [0.3, 0.4) is 0 Å². The number of nitrogens with one attached hydrogen (secondary N) is 2. The van der Waals surface area contributed by atoms with Crippen molar-refractivity contribution < 1.29 is 32.6 Å². The number of carbonyl (C=O) groups is 3. The Morgan fingerprint density at radius 2 is 1.78 bits per heavy atom. The molecule has 0 spiro atoms. The number of carbonyl (C=O) groups excluding carboxylic acids is 2. The Labute approximate surface area is 158 Å². The molecule has 1 aromatic rings. The van der Waals surface area contributed by atoms with Gasteiger partial charge in [0.25, 0.3) is 0 Å². The van der Waals surface area contributed by atoms with E-state index in [1.807, 2.05) is 6.92 Å². The molecule has 10 heteroatoms. The van der Waals surface area contributed by atoms with Crippen molar-refractivity contribution in [3.63, 3.8) is 0 Å². The van der Waals surface area contributed by atoms with E-state index >= 15 is 0 Å². The lowest BCUT2D eigenvalue weighted by Gasteiger charge is -2.27. The van der Waals surface area contributed by atoms with Gasteiger partial charge in [-0.2, -0.15) is 0 Å². The molecular weight excluding hydrogens is 376 g/mol. The van der Waals surface area contributed by atoms with Gasteiger partial charge in [0.2, 0.25) is 21.5 Å². The van der Waals surface area contributed by atoms with E-state index in [9.17, 15) is 27.9 Å². The molecular formula is C17H24N2O7S. The van der Waals surface area contributed by atoms with Crippen LogP contribution in [-0.2, 0) is 29.1 Å². The van der Waals surface area contributed by atoms with Crippen molar-refractivity contribution in [2.45, 2.75) is 44.0 Å². The van der Waals surface area contributed by atoms with Gasteiger partial charge in [0, 0.05) is 13.5 Å². The maximum Gasteiger partial charge on any atom is 0.343 e. The molecule has 0 fully saturated rings. The summed E-state index contributed by atoms with van der Waals surface area (Å²) in [6.07, 6.45) is -0.354. The third-order valence-corrected chi connectivity index (χ3v) is 5.21. The van der Waals surface area contributed by atoms with E-state index < -0.39 is 33.4 Å². The maximum atomic E-state index is 12.2. The third-order valence-electron chi connectivity index (χ3n) is 3.73. The fourth-order valence-electron chi connectivity index (χ4n) is 2.38. The van der Waals surface area contributed by atoms with Crippen molar-refractivity contribution in [1.29, 1.82) is 0 Å². The van der Waals surface area contributed by atoms with Crippen molar-refractivity contribution in [1.82, 2.24) is 10.0 Å². The Balaban J connectivity index is 2.83. The van der Waals surface area contributed by atoms with E-state index in [1.165, 1.54) is 19.1 Å². The Kier molecular flexibility index (Phi) is 7.92. The van der Waals surface area contributed by atoms with Crippen molar-refractivity contribution in [3.05, 3.63) is 29.8 Å². The molecule has 0 saturated heterocycles. The van der Waals surface area contributed by atoms with Crippen LogP contribution in [0.15, 0.2) is 29.2 Å². The lowest BCUT2D eigenvalue weighted by atomic mass is 9.93. The number of carboxylic acid groups (broad SMARTS) is 1. The van der Waals surface area contributed by atoms with Gasteiger partial charge in [-0.15, -0.1) is 0 Å². The average molecular weight is 400 g/mol. The Morgan fingerprint density at radius 1 is 1.19 bits per heavy atom. The van der Waals surface area contributed by atoms with E-state index in [2.05, 4.69) is 10.0 Å². The van der Waals surface area contributed by atoms with Gasteiger partial charge in [0.1, 0.15) is 0 Å². The minimum Gasteiger partial charge on any atom is -0.479 e. The molecule has 0 aromatic heterocycles. The SMILES string of the molecule is CCOC(=O)C(CCCNS(=O)(=O)c1ccc(C)cc1)(NC(C)=O)C(=O)O. The Morgan fingerprint density at radius 3 is 2.26 bits per heavy atom. The number of rotatable bonds is 10. The number of benzene rings is 1. The second kappa shape index (κ2) is 9.47. The van der Waals surface area contributed by atoms with Crippen LogP contribution in [0.4, 0.5) is 0 Å². The lowest BCUT2D eigenvalue weighted by molar-refractivity contribution is -0.165. The fraction of sp³-hybridized carbons (Fsp3) is 0.471. The van der Waals surface area contributed by atoms with Crippen LogP contribution in [0.25, 0.3) is 0 Å². The molecule has 0 saturated carbocycles. The van der Waals surface area contributed by atoms with Crippen molar-refractivity contribution >= 4 is 27.9 Å². The van der Waals surface area contributed by atoms with Crippen LogP contribution >= 0.6 is 0 Å². The second-order valence-corrected chi connectivity index (χ2v) is 7.69. The molecule has 3 N–H and O–H groups in total. The third kappa shape index (κ3) is 6.04. The topological polar surface area (TPSA) is 139 Å². The van der Waals surface area contributed by atoms with Crippen LogP contribution < -0.4 is 10.0 Å². The molecule has 1 rings (SSSR count). The fourth-order valence-corrected chi connectivity index (χ4v) is 3.45. The molecule has 0 aliphatic heterocycles. The number of carboxylic acids is 1. The monoisotopic (exact) mass is 400 g/mol. The van der Waals surface area contributed by atoms with Gasteiger partial charge < -0.3 is 15.2 Å². The predicted octanol–water partition coefficient (Wildman–Crippen LogP) is 0.576. The molecule has 0 aliphatic rings. The van der Waals surface area contributed by atoms with Crippen LogP contribution in [0.2, 0.25) is 0 Å². The standard InChI is InChI=1S/C17H24N2O7S/c1-4-26-16(23)17(15(21)22,19-13(3)20)10-5-11-18-27(24,25)14-8-6-12(2)7-9-14/h6-9,18H,4-5,10-11H2,1-3H3,(H,19,20)(H,21,22). The van der Waals surface area contributed by atoms with Crippen LogP contribution in [0.5, 0.6) is 0 Å². The normalized spacial score (nSPS) is 13.4. The molecule has 1 atom stereocenters. The molecule has 1 aromatic carbocycles. The Bertz CT molecular complexity index is 790. The highest BCUT2D eigenvalue weighted by Crippen LogP contribution is 2.17. The maximum absolute atomic E-state index is 12.2. The summed E-state index contributed by atoms with van der Waals surface area (Å²) in [4.78, 5) is 35.3. The number of aryl methyl sites for hydroxylation is 1. The van der Waals surface area contributed by atoms with Crippen LogP contribution in [0.1, 0.15) is 32.3 Å². The Hall–Kier alpha value is -2.46. The highest BCUT2D eigenvalue weighted by Gasteiger charge is 2.48. The van der Waals surface area contributed by atoms with Gasteiger partial charge >= 0.3 is 11.9 Å². The minimum atomic E-state index is -3.77. The number of hydrogen-bond acceptors (Lipinski definition) is 6. The van der Waals surface area contributed by atoms with Gasteiger partial charge in [-0.05, 0) is 38.8 Å². The number of hydrogen-bond donors (Lipinski definition) is 3. The van der Waals surface area contributed by atoms with E-state index in [4.69, 9.17) is 4.74 Å². The highest BCUT2D eigenvalue weighted by atomic mass is 32.2. The summed E-state index contributed by atoms with van der Waals surface area (Å²) in [5.41, 5.74) is -1.36. The molecule has 0 bridgehead atoms. The van der Waals surface area contributed by atoms with Crippen LogP contribution in [-0.4, -0.2) is 50.1 Å². The molecule has 0 aliphatic carbocycles. The summed E-state index contributed by atoms with van der Waals surface area (Å²) in [7, 11) is -3.77. The first-order chi connectivity index (χ1) is 12.5. The summed E-state index contributed by atoms with van der Waals surface area (Å²) in [5.74, 6) is -3.39. The minimum absolute atomic E-state index is 0.0174. The largest absolute Gasteiger partial charge is 0.479 e. The van der Waals surface area contributed by atoms with Gasteiger partial charge in [-0.3, -0.25) is 4.79 Å². The zero-order chi connectivity index (χ0) is 20.7. The second-order valence-electron chi connectivity index (χ2n) is 5.93. The van der Waals surface area contributed by atoms with Gasteiger partial charge in [0.15, 0.2) is 0 Å². The summed E-state index contributed by atoms with van der Waals surface area (Å²) < 4.78 is 31.6. The van der Waals surface area contributed by atoms with E-state index in [-0.39, 0.29) is 30.9 Å². The highest BCUT2D eigenvalue weighted by molar-refractivity contribution is 7.89. The number of sulfonamides is 1.